The van der Waals surface area contributed by atoms with Gasteiger partial charge in [-0.1, -0.05) is 15.9 Å². The first-order chi connectivity index (χ1) is 7.18. The summed E-state index contributed by atoms with van der Waals surface area (Å²) in [7, 11) is 0. The number of halogens is 2. The molecule has 3 N–H and O–H groups in total. The van der Waals surface area contributed by atoms with E-state index in [0.29, 0.717) is 11.5 Å². The van der Waals surface area contributed by atoms with Gasteiger partial charge < -0.3 is 11.1 Å². The Hall–Kier alpha value is -0.450. The molecule has 1 fully saturated rings. The maximum absolute atomic E-state index is 13.6. The fourth-order valence-electron chi connectivity index (χ4n) is 2.01. The topological polar surface area (TPSA) is 38.0 Å². The van der Waals surface area contributed by atoms with E-state index in [9.17, 15) is 4.39 Å². The first-order valence-electron chi connectivity index (χ1n) is 5.09. The van der Waals surface area contributed by atoms with Crippen LogP contribution < -0.4 is 11.1 Å². The summed E-state index contributed by atoms with van der Waals surface area (Å²) in [5.74, 6) is 0.131. The van der Waals surface area contributed by atoms with E-state index in [1.165, 1.54) is 6.07 Å². The summed E-state index contributed by atoms with van der Waals surface area (Å²) in [6, 6.07) is 4.72. The van der Waals surface area contributed by atoms with E-state index in [1.807, 2.05) is 0 Å². The lowest BCUT2D eigenvalue weighted by Gasteiger charge is -2.19. The predicted molar refractivity (Wildman–Crippen MR) is 62.0 cm³/mol. The monoisotopic (exact) mass is 272 g/mol. The Morgan fingerprint density at radius 3 is 3.00 bits per heavy atom. The molecule has 0 aromatic heterocycles. The number of hydrogen-bond acceptors (Lipinski definition) is 2. The zero-order valence-corrected chi connectivity index (χ0v) is 9.93. The Kier molecular flexibility index (Phi) is 3.38. The number of nitrogens with two attached hydrogens (primary N) is 1. The number of benzene rings is 1. The van der Waals surface area contributed by atoms with Crippen molar-refractivity contribution in [2.24, 2.45) is 11.7 Å². The first kappa shape index (κ1) is 11.0. The van der Waals surface area contributed by atoms with Crippen molar-refractivity contribution in [1.29, 1.82) is 0 Å². The van der Waals surface area contributed by atoms with E-state index in [4.69, 9.17) is 5.73 Å². The molecule has 0 radical (unpaired) electrons. The summed E-state index contributed by atoms with van der Waals surface area (Å²) in [6.07, 6.45) is 1.02. The van der Waals surface area contributed by atoms with Crippen molar-refractivity contribution in [3.05, 3.63) is 34.1 Å². The Morgan fingerprint density at radius 2 is 2.33 bits per heavy atom. The van der Waals surface area contributed by atoms with E-state index >= 15 is 0 Å². The number of hydrogen-bond donors (Lipinski definition) is 2. The first-order valence-corrected chi connectivity index (χ1v) is 5.89. The van der Waals surface area contributed by atoms with Gasteiger partial charge in [0.1, 0.15) is 5.82 Å². The highest BCUT2D eigenvalue weighted by Gasteiger charge is 2.25. The minimum Gasteiger partial charge on any atom is -0.324 e. The van der Waals surface area contributed by atoms with E-state index in [2.05, 4.69) is 21.2 Å². The van der Waals surface area contributed by atoms with Crippen LogP contribution in [0.2, 0.25) is 0 Å². The maximum atomic E-state index is 13.6. The molecule has 0 spiro atoms. The van der Waals surface area contributed by atoms with Crippen LogP contribution in [0.4, 0.5) is 4.39 Å². The van der Waals surface area contributed by atoms with Crippen LogP contribution in [0.15, 0.2) is 22.7 Å². The second-order valence-electron chi connectivity index (χ2n) is 3.94. The molecule has 1 saturated heterocycles. The highest BCUT2D eigenvalue weighted by molar-refractivity contribution is 9.10. The maximum Gasteiger partial charge on any atom is 0.128 e. The predicted octanol–water partition coefficient (Wildman–Crippen LogP) is 2.20. The van der Waals surface area contributed by atoms with Crippen LogP contribution >= 0.6 is 15.9 Å². The molecule has 2 nitrogen and oxygen atoms in total. The Balaban J connectivity index is 2.23. The molecular weight excluding hydrogens is 259 g/mol. The van der Waals surface area contributed by atoms with Crippen molar-refractivity contribution < 1.29 is 4.39 Å². The van der Waals surface area contributed by atoms with Crippen molar-refractivity contribution in [1.82, 2.24) is 5.32 Å². The molecule has 1 aromatic carbocycles. The van der Waals surface area contributed by atoms with Crippen LogP contribution in [-0.4, -0.2) is 13.1 Å². The van der Waals surface area contributed by atoms with E-state index in [0.717, 1.165) is 24.0 Å². The molecule has 0 saturated carbocycles. The minimum atomic E-state index is -0.211. The van der Waals surface area contributed by atoms with Crippen LogP contribution in [0.25, 0.3) is 0 Å². The van der Waals surface area contributed by atoms with Crippen LogP contribution in [0, 0.1) is 11.7 Å². The van der Waals surface area contributed by atoms with E-state index in [-0.39, 0.29) is 11.9 Å². The lowest BCUT2D eigenvalue weighted by molar-refractivity contribution is 0.450. The van der Waals surface area contributed by atoms with Crippen LogP contribution in [-0.2, 0) is 0 Å². The van der Waals surface area contributed by atoms with Crippen LogP contribution in [0.1, 0.15) is 18.0 Å². The summed E-state index contributed by atoms with van der Waals surface area (Å²) in [5, 5.41) is 3.24. The third kappa shape index (κ3) is 2.38. The Morgan fingerprint density at radius 1 is 1.53 bits per heavy atom. The van der Waals surface area contributed by atoms with Gasteiger partial charge in [-0.25, -0.2) is 4.39 Å². The molecule has 2 rings (SSSR count). The van der Waals surface area contributed by atoms with Gasteiger partial charge in [-0.05, 0) is 43.6 Å². The molecule has 2 atom stereocenters. The summed E-state index contributed by atoms with van der Waals surface area (Å²) in [5.41, 5.74) is 6.68. The average molecular weight is 273 g/mol. The van der Waals surface area contributed by atoms with Gasteiger partial charge in [-0.2, -0.15) is 0 Å². The minimum absolute atomic E-state index is 0.211. The lowest BCUT2D eigenvalue weighted by atomic mass is 9.93. The third-order valence-electron chi connectivity index (χ3n) is 2.92. The lowest BCUT2D eigenvalue weighted by Crippen LogP contribution is -2.24. The summed E-state index contributed by atoms with van der Waals surface area (Å²) in [4.78, 5) is 0. The molecule has 1 aromatic rings. The van der Waals surface area contributed by atoms with Crippen molar-refractivity contribution in [2.45, 2.75) is 12.5 Å². The Labute approximate surface area is 97.2 Å². The molecule has 0 bridgehead atoms. The van der Waals surface area contributed by atoms with Gasteiger partial charge in [0, 0.05) is 16.1 Å². The fourth-order valence-corrected chi connectivity index (χ4v) is 2.39. The van der Waals surface area contributed by atoms with Gasteiger partial charge in [-0.3, -0.25) is 0 Å². The van der Waals surface area contributed by atoms with Crippen LogP contribution in [0.3, 0.4) is 0 Å². The van der Waals surface area contributed by atoms with Gasteiger partial charge in [0.2, 0.25) is 0 Å². The average Bonchev–Trinajstić information content (AvgIpc) is 2.74. The van der Waals surface area contributed by atoms with Gasteiger partial charge >= 0.3 is 0 Å². The molecule has 1 aliphatic heterocycles. The third-order valence-corrected chi connectivity index (χ3v) is 3.42. The van der Waals surface area contributed by atoms with Crippen molar-refractivity contribution in [2.75, 3.05) is 13.1 Å². The van der Waals surface area contributed by atoms with E-state index < -0.39 is 0 Å². The zero-order valence-electron chi connectivity index (χ0n) is 8.34. The molecule has 2 unspecified atom stereocenters. The van der Waals surface area contributed by atoms with Crippen molar-refractivity contribution in [3.63, 3.8) is 0 Å². The van der Waals surface area contributed by atoms with Gasteiger partial charge in [0.05, 0.1) is 0 Å². The SMILES string of the molecule is NC(c1cc(Br)ccc1F)C1CCNC1. The highest BCUT2D eigenvalue weighted by Crippen LogP contribution is 2.28. The quantitative estimate of drug-likeness (QED) is 0.867. The number of rotatable bonds is 2. The molecule has 1 heterocycles. The molecule has 4 heteroatoms. The summed E-state index contributed by atoms with van der Waals surface area (Å²) >= 11 is 3.34. The largest absolute Gasteiger partial charge is 0.324 e. The van der Waals surface area contributed by atoms with Gasteiger partial charge in [0.15, 0.2) is 0 Å². The molecular formula is C11H14BrFN2. The fraction of sp³-hybridized carbons (Fsp3) is 0.455. The van der Waals surface area contributed by atoms with E-state index in [1.54, 1.807) is 12.1 Å². The molecule has 0 aliphatic carbocycles. The van der Waals surface area contributed by atoms with Crippen LogP contribution in [0.5, 0.6) is 0 Å². The summed E-state index contributed by atoms with van der Waals surface area (Å²) < 4.78 is 14.4. The zero-order chi connectivity index (χ0) is 10.8. The molecule has 15 heavy (non-hydrogen) atoms. The van der Waals surface area contributed by atoms with Crippen molar-refractivity contribution in [3.8, 4) is 0 Å². The van der Waals surface area contributed by atoms with Crippen molar-refractivity contribution >= 4 is 15.9 Å². The highest BCUT2D eigenvalue weighted by atomic mass is 79.9. The second kappa shape index (κ2) is 4.60. The molecule has 0 amide bonds. The van der Waals surface area contributed by atoms with Gasteiger partial charge in [0.25, 0.3) is 0 Å². The molecule has 1 aliphatic rings. The Bertz CT molecular complexity index is 350. The summed E-state index contributed by atoms with van der Waals surface area (Å²) in [6.45, 7) is 1.86. The number of nitrogens with one attached hydrogen (secondary N) is 1. The second-order valence-corrected chi connectivity index (χ2v) is 4.86. The standard InChI is InChI=1S/C11H14BrFN2/c12-8-1-2-10(13)9(5-8)11(14)7-3-4-15-6-7/h1-2,5,7,11,15H,3-4,6,14H2. The molecule has 82 valence electrons. The van der Waals surface area contributed by atoms with Gasteiger partial charge in [-0.15, -0.1) is 0 Å². The smallest absolute Gasteiger partial charge is 0.128 e. The normalized spacial score (nSPS) is 23.0.